The van der Waals surface area contributed by atoms with E-state index in [-0.39, 0.29) is 74.3 Å². The summed E-state index contributed by atoms with van der Waals surface area (Å²) >= 11 is 7.24. The molecule has 21 heteroatoms. The lowest BCUT2D eigenvalue weighted by atomic mass is 9.82. The van der Waals surface area contributed by atoms with E-state index in [4.69, 9.17) is 25.8 Å². The van der Waals surface area contributed by atoms with Crippen LogP contribution in [0.2, 0.25) is 0 Å². The number of carbonyl (C=O) groups is 8. The summed E-state index contributed by atoms with van der Waals surface area (Å²) in [6.07, 6.45) is 8.97. The highest BCUT2D eigenvalue weighted by Crippen LogP contribution is 2.40. The molecular weight excluding hydrogens is 1120 g/mol. The number of nitrogens with zero attached hydrogens (tertiary/aromatic N) is 4. The van der Waals surface area contributed by atoms with Crippen LogP contribution in [0.1, 0.15) is 202 Å². The molecule has 0 aromatic carbocycles. The van der Waals surface area contributed by atoms with Crippen molar-refractivity contribution in [2.24, 2.45) is 34.5 Å². The number of likely N-dealkylation sites (tertiary alicyclic amines) is 2. The predicted octanol–water partition coefficient (Wildman–Crippen LogP) is 12.8. The van der Waals surface area contributed by atoms with E-state index >= 15 is 0 Å². The summed E-state index contributed by atoms with van der Waals surface area (Å²) in [5, 5.41) is 9.98. The normalized spacial score (nSPS) is 21.1. The monoisotopic (exact) mass is 1210 g/mol. The van der Waals surface area contributed by atoms with Gasteiger partial charge in [-0.2, -0.15) is 0 Å². The Morgan fingerprint density at radius 3 is 1.37 bits per heavy atom. The number of halogens is 1. The number of thiophene rings is 2. The van der Waals surface area contributed by atoms with Crippen LogP contribution < -0.4 is 9.80 Å². The quantitative estimate of drug-likeness (QED) is 0.0649. The van der Waals surface area contributed by atoms with Gasteiger partial charge in [0, 0.05) is 49.9 Å². The Bertz CT molecular complexity index is 2680. The molecule has 4 amide bonds. The molecule has 0 spiro atoms. The SMILES string of the molecule is CC(C)OC(=O)OCCl.CC1CCC(C(=O)N(c2cc(C#CC(C)(C)C)sc2C(=O)O)[C@H]2CCCCN(C)C2=O)CC1.CC1CCC(C(=O)N(c2cc(C#CC(C)(C)C)sc2C(=O)OCOC(=O)OC(C)C)[C@H]2CCCCN(C)C2=O)CC1. The Labute approximate surface area is 504 Å². The number of rotatable bonds is 13. The lowest BCUT2D eigenvalue weighted by Crippen LogP contribution is -2.52. The van der Waals surface area contributed by atoms with Gasteiger partial charge in [-0.25, -0.2) is 19.2 Å². The van der Waals surface area contributed by atoms with Gasteiger partial charge in [0.1, 0.15) is 21.8 Å². The smallest absolute Gasteiger partial charge is 0.477 e. The Balaban J connectivity index is 0.000000315. The molecule has 2 saturated heterocycles. The fraction of sp³-hybridized carbons (Fsp3) is 0.677. The fourth-order valence-corrected chi connectivity index (χ4v) is 11.7. The molecule has 0 bridgehead atoms. The maximum absolute atomic E-state index is 14.3. The molecule has 18 nitrogen and oxygen atoms in total. The molecule has 2 aromatic rings. The molecule has 4 fully saturated rings. The second-order valence-electron chi connectivity index (χ2n) is 24.6. The molecule has 2 aliphatic carbocycles. The first-order chi connectivity index (χ1) is 38.9. The first-order valence-corrected chi connectivity index (χ1v) is 31.2. The fourth-order valence-electron chi connectivity index (χ4n) is 9.85. The summed E-state index contributed by atoms with van der Waals surface area (Å²) in [7, 11) is 3.51. The van der Waals surface area contributed by atoms with Crippen molar-refractivity contribution in [3.8, 4) is 23.7 Å². The molecule has 4 heterocycles. The third-order valence-electron chi connectivity index (χ3n) is 14.2. The van der Waals surface area contributed by atoms with Crippen molar-refractivity contribution in [3.63, 3.8) is 0 Å². The third-order valence-corrected chi connectivity index (χ3v) is 16.4. The number of amides is 4. The van der Waals surface area contributed by atoms with E-state index in [1.165, 1.54) is 4.90 Å². The lowest BCUT2D eigenvalue weighted by molar-refractivity contribution is -0.134. The summed E-state index contributed by atoms with van der Waals surface area (Å²) in [6.45, 7) is 23.7. The van der Waals surface area contributed by atoms with E-state index < -0.39 is 43.1 Å². The number of likely N-dealkylation sites (N-methyl/N-ethyl adjacent to an activating group) is 2. The molecule has 2 aliphatic heterocycles. The molecule has 1 N–H and O–H groups in total. The van der Waals surface area contributed by atoms with E-state index in [9.17, 15) is 43.5 Å². The van der Waals surface area contributed by atoms with E-state index in [0.29, 0.717) is 58.9 Å². The molecule has 6 rings (SSSR count). The first kappa shape index (κ1) is 69.7. The Kier molecular flexibility index (Phi) is 27.2. The number of hydrogen-bond donors (Lipinski definition) is 1. The molecule has 2 atom stereocenters. The zero-order valence-electron chi connectivity index (χ0n) is 51.2. The predicted molar refractivity (Wildman–Crippen MR) is 322 cm³/mol. The molecule has 2 aromatic heterocycles. The third kappa shape index (κ3) is 22.3. The Hall–Kier alpha value is -5.83. The van der Waals surface area contributed by atoms with Crippen LogP contribution in [0.5, 0.6) is 0 Å². The average molecular weight is 1210 g/mol. The van der Waals surface area contributed by atoms with Gasteiger partial charge < -0.3 is 38.6 Å². The van der Waals surface area contributed by atoms with Crippen molar-refractivity contribution in [2.45, 2.75) is 197 Å². The summed E-state index contributed by atoms with van der Waals surface area (Å²) in [5.74, 6) is 10.9. The average Bonchev–Trinajstić information content (AvgIpc) is 4.07. The van der Waals surface area contributed by atoms with Crippen molar-refractivity contribution in [2.75, 3.05) is 49.8 Å². The van der Waals surface area contributed by atoms with Crippen molar-refractivity contribution in [1.29, 1.82) is 0 Å². The number of esters is 1. The maximum atomic E-state index is 14.3. The second kappa shape index (κ2) is 32.4. The Morgan fingerprint density at radius 2 is 1.00 bits per heavy atom. The van der Waals surface area contributed by atoms with Crippen LogP contribution in [0.15, 0.2) is 12.1 Å². The molecule has 0 unspecified atom stereocenters. The number of aromatic carboxylic acids is 1. The van der Waals surface area contributed by atoms with Crippen LogP contribution in [0.25, 0.3) is 0 Å². The number of hydrogen-bond acceptors (Lipinski definition) is 15. The van der Waals surface area contributed by atoms with Crippen LogP contribution >= 0.6 is 34.3 Å². The van der Waals surface area contributed by atoms with Crippen molar-refractivity contribution < 1.29 is 67.1 Å². The van der Waals surface area contributed by atoms with Crippen LogP contribution in [-0.4, -0.2) is 127 Å². The van der Waals surface area contributed by atoms with E-state index in [0.717, 1.165) is 99.7 Å². The highest BCUT2D eigenvalue weighted by Gasteiger charge is 2.42. The molecular formula is C62H89ClN4O14S2. The second-order valence-corrected chi connectivity index (χ2v) is 26.9. The highest BCUT2D eigenvalue weighted by atomic mass is 35.5. The first-order valence-electron chi connectivity index (χ1n) is 29.0. The zero-order valence-corrected chi connectivity index (χ0v) is 53.6. The molecule has 0 radical (unpaired) electrons. The summed E-state index contributed by atoms with van der Waals surface area (Å²) < 4.78 is 23.9. The van der Waals surface area contributed by atoms with Crippen molar-refractivity contribution in [3.05, 3.63) is 31.6 Å². The molecule has 2 saturated carbocycles. The zero-order chi connectivity index (χ0) is 61.9. The molecule has 83 heavy (non-hydrogen) atoms. The largest absolute Gasteiger partial charge is 0.511 e. The standard InChI is InChI=1S/C31H44N2O7S.C26H36N2O4S.C5H9ClO3/c1-20(2)40-30(37)39-19-38-29(36)26-25(18-23(41-26)15-16-31(4,5)6)33(24-10-8-9-17-32(7)28(24)35)27(34)22-13-11-21(3)12-14-22;1-17-9-11-18(12-10-17)23(29)28(20-8-6-7-15-27(5)24(20)30)21-16-19(13-14-26(2,3)4)33-22(21)25(31)32;1-4(2)9-5(7)8-3-6/h18,20-22,24H,8-14,17,19H2,1-7H3;16-18,20H,6-12,15H2,1-5H3,(H,31,32);4H,3H2,1-2H3/t21?,22?,24-;17?,18?,20-;/m00./s1. The van der Waals surface area contributed by atoms with Gasteiger partial charge in [-0.1, -0.05) is 49.1 Å². The van der Waals surface area contributed by atoms with E-state index in [1.807, 2.05) is 41.5 Å². The number of alkyl halides is 1. The number of carbonyl (C=O) groups excluding carboxylic acids is 7. The van der Waals surface area contributed by atoms with Crippen LogP contribution in [-0.2, 0) is 42.9 Å². The van der Waals surface area contributed by atoms with Crippen LogP contribution in [0, 0.1) is 58.2 Å². The molecule has 460 valence electrons. The number of ether oxygens (including phenoxy) is 5. The van der Waals surface area contributed by atoms with Crippen LogP contribution in [0.4, 0.5) is 21.0 Å². The highest BCUT2D eigenvalue weighted by molar-refractivity contribution is 7.15. The van der Waals surface area contributed by atoms with E-state index in [2.05, 4.69) is 47.0 Å². The minimum atomic E-state index is -1.09. The lowest BCUT2D eigenvalue weighted by Gasteiger charge is -2.36. The Morgan fingerprint density at radius 1 is 0.614 bits per heavy atom. The minimum Gasteiger partial charge on any atom is -0.477 e. The van der Waals surface area contributed by atoms with E-state index in [1.54, 1.807) is 68.6 Å². The van der Waals surface area contributed by atoms with Crippen LogP contribution in [0.3, 0.4) is 0 Å². The number of carboxylic acids is 1. The summed E-state index contributed by atoms with van der Waals surface area (Å²) in [4.78, 5) is 111. The maximum Gasteiger partial charge on any atom is 0.511 e. The number of carboxylic acid groups (broad SMARTS) is 1. The van der Waals surface area contributed by atoms with Gasteiger partial charge in [-0.05, 0) is 183 Å². The summed E-state index contributed by atoms with van der Waals surface area (Å²) in [5.41, 5.74) is 0.120. The van der Waals surface area contributed by atoms with Gasteiger partial charge in [0.15, 0.2) is 6.07 Å². The van der Waals surface area contributed by atoms with Gasteiger partial charge >= 0.3 is 24.2 Å². The number of anilines is 2. The van der Waals surface area contributed by atoms with Gasteiger partial charge in [-0.3, -0.25) is 29.0 Å². The van der Waals surface area contributed by atoms with Gasteiger partial charge in [0.2, 0.25) is 30.4 Å². The van der Waals surface area contributed by atoms with Crippen molar-refractivity contribution in [1.82, 2.24) is 9.80 Å². The van der Waals surface area contributed by atoms with Gasteiger partial charge in [0.05, 0.1) is 33.3 Å². The topological polar surface area (TPSA) is 216 Å². The summed E-state index contributed by atoms with van der Waals surface area (Å²) in [6, 6.07) is 1.84. The molecule has 4 aliphatic rings. The van der Waals surface area contributed by atoms with Gasteiger partial charge in [-0.15, -0.1) is 22.7 Å². The van der Waals surface area contributed by atoms with Crippen molar-refractivity contribution >= 4 is 93.5 Å². The van der Waals surface area contributed by atoms with Gasteiger partial charge in [0.25, 0.3) is 0 Å². The minimum absolute atomic E-state index is 0.0745.